The summed E-state index contributed by atoms with van der Waals surface area (Å²) in [5.41, 5.74) is 0.626. The van der Waals surface area contributed by atoms with E-state index in [1.54, 1.807) is 24.3 Å². The van der Waals surface area contributed by atoms with Gasteiger partial charge in [0, 0.05) is 0 Å². The zero-order valence-electron chi connectivity index (χ0n) is 15.5. The number of carbonyl (C=O) groups excluding carboxylic acids is 1. The maximum Gasteiger partial charge on any atom is 0.371 e. The molecule has 156 valence electrons. The summed E-state index contributed by atoms with van der Waals surface area (Å²) in [5.74, 6) is -1.87. The molecule has 1 fully saturated rings. The average molecular weight is 449 g/mol. The lowest BCUT2D eigenvalue weighted by Gasteiger charge is -2.11. The minimum atomic E-state index is -1.17. The average Bonchev–Trinajstić information content (AvgIpc) is 3.27. The van der Waals surface area contributed by atoms with Crippen molar-refractivity contribution in [2.45, 2.75) is 6.61 Å². The summed E-state index contributed by atoms with van der Waals surface area (Å²) in [7, 11) is 1.45. The van der Waals surface area contributed by atoms with Crippen molar-refractivity contribution in [3.63, 3.8) is 0 Å². The summed E-state index contributed by atoms with van der Waals surface area (Å²) in [6.07, 6.45) is 1.58. The Kier molecular flexibility index (Phi) is 6.43. The van der Waals surface area contributed by atoms with Crippen LogP contribution >= 0.6 is 24.0 Å². The van der Waals surface area contributed by atoms with Gasteiger partial charge in [-0.05, 0) is 35.9 Å². The molecule has 2 heterocycles. The van der Waals surface area contributed by atoms with E-state index in [1.807, 2.05) is 0 Å². The number of aromatic carboxylic acids is 1. The first kappa shape index (κ1) is 21.4. The summed E-state index contributed by atoms with van der Waals surface area (Å²) >= 11 is 6.09. The van der Waals surface area contributed by atoms with Crippen molar-refractivity contribution in [3.05, 3.63) is 52.3 Å². The van der Waals surface area contributed by atoms with Crippen molar-refractivity contribution in [1.82, 2.24) is 4.90 Å². The second-order valence-electron chi connectivity index (χ2n) is 5.93. The minimum absolute atomic E-state index is 0.00314. The van der Waals surface area contributed by atoms with Crippen LogP contribution in [0.1, 0.15) is 21.9 Å². The number of nitrogens with zero attached hydrogens (tertiary/aromatic N) is 1. The Morgan fingerprint density at radius 3 is 2.63 bits per heavy atom. The standard InChI is InChI=1S/C19H15NO8S2/c1-26-14-6-10(7-15-17(23)20(8-16(21)22)19(29)30-15)2-4-12(14)27-9-11-3-5-13(28-11)18(24)25/h2-7H,8-9H2,1H3,(H,21,22)(H,24,25). The van der Waals surface area contributed by atoms with Gasteiger partial charge in [-0.15, -0.1) is 0 Å². The first-order chi connectivity index (χ1) is 14.3. The third-order valence-corrected chi connectivity index (χ3v) is 5.27. The predicted molar refractivity (Wildman–Crippen MR) is 111 cm³/mol. The number of thiocarbonyl (C=S) groups is 1. The van der Waals surface area contributed by atoms with Gasteiger partial charge in [-0.3, -0.25) is 14.5 Å². The highest BCUT2D eigenvalue weighted by Crippen LogP contribution is 2.35. The van der Waals surface area contributed by atoms with Crippen molar-refractivity contribution < 1.29 is 38.5 Å². The van der Waals surface area contributed by atoms with Crippen LogP contribution in [0, 0.1) is 0 Å². The first-order valence-electron chi connectivity index (χ1n) is 8.38. The molecule has 9 nitrogen and oxygen atoms in total. The van der Waals surface area contributed by atoms with Gasteiger partial charge in [-0.2, -0.15) is 0 Å². The largest absolute Gasteiger partial charge is 0.493 e. The summed E-state index contributed by atoms with van der Waals surface area (Å²) in [6.45, 7) is -0.495. The van der Waals surface area contributed by atoms with E-state index in [0.29, 0.717) is 27.7 Å². The molecular formula is C19H15NO8S2. The van der Waals surface area contributed by atoms with E-state index in [-0.39, 0.29) is 16.7 Å². The van der Waals surface area contributed by atoms with E-state index >= 15 is 0 Å². The highest BCUT2D eigenvalue weighted by atomic mass is 32.2. The zero-order valence-corrected chi connectivity index (χ0v) is 17.1. The van der Waals surface area contributed by atoms with Crippen LogP contribution in [0.25, 0.3) is 6.08 Å². The van der Waals surface area contributed by atoms with Crippen LogP contribution in [0.3, 0.4) is 0 Å². The number of methoxy groups -OCH3 is 1. The smallest absolute Gasteiger partial charge is 0.371 e. The van der Waals surface area contributed by atoms with Gasteiger partial charge in [0.2, 0.25) is 5.76 Å². The third-order valence-electron chi connectivity index (χ3n) is 3.89. The maximum absolute atomic E-state index is 12.4. The lowest BCUT2D eigenvalue weighted by Crippen LogP contribution is -2.33. The van der Waals surface area contributed by atoms with Gasteiger partial charge in [0.1, 0.15) is 23.2 Å². The number of carbonyl (C=O) groups is 3. The molecule has 0 spiro atoms. The summed E-state index contributed by atoms with van der Waals surface area (Å²) in [5, 5.41) is 17.8. The number of aliphatic carboxylic acids is 1. The molecule has 1 aliphatic heterocycles. The Balaban J connectivity index is 1.74. The molecule has 3 rings (SSSR count). The van der Waals surface area contributed by atoms with Crippen molar-refractivity contribution in [2.24, 2.45) is 0 Å². The second-order valence-corrected chi connectivity index (χ2v) is 7.61. The Morgan fingerprint density at radius 1 is 1.23 bits per heavy atom. The lowest BCUT2D eigenvalue weighted by molar-refractivity contribution is -0.140. The minimum Gasteiger partial charge on any atom is -0.493 e. The third kappa shape index (κ3) is 4.81. The molecule has 1 saturated heterocycles. The maximum atomic E-state index is 12.4. The van der Waals surface area contributed by atoms with Crippen LogP contribution in [-0.4, -0.2) is 50.9 Å². The molecular weight excluding hydrogens is 434 g/mol. The predicted octanol–water partition coefficient (Wildman–Crippen LogP) is 2.85. The van der Waals surface area contributed by atoms with Crippen molar-refractivity contribution >= 4 is 52.2 Å². The van der Waals surface area contributed by atoms with Gasteiger partial charge in [0.25, 0.3) is 5.91 Å². The number of carboxylic acids is 2. The van der Waals surface area contributed by atoms with Crippen LogP contribution in [0.15, 0.2) is 39.7 Å². The Hall–Kier alpha value is -3.31. The van der Waals surface area contributed by atoms with Gasteiger partial charge in [-0.25, -0.2) is 4.79 Å². The monoisotopic (exact) mass is 449 g/mol. The van der Waals surface area contributed by atoms with Crippen LogP contribution in [0.4, 0.5) is 0 Å². The Labute approximate surface area is 179 Å². The van der Waals surface area contributed by atoms with Crippen LogP contribution in [-0.2, 0) is 16.2 Å². The molecule has 1 aromatic carbocycles. The van der Waals surface area contributed by atoms with Gasteiger partial charge >= 0.3 is 11.9 Å². The molecule has 30 heavy (non-hydrogen) atoms. The molecule has 11 heteroatoms. The number of furan rings is 1. The van der Waals surface area contributed by atoms with E-state index in [0.717, 1.165) is 16.7 Å². The number of amides is 1. The number of thioether (sulfide) groups is 1. The summed E-state index contributed by atoms with van der Waals surface area (Å²) in [4.78, 5) is 35.4. The molecule has 0 saturated carbocycles. The molecule has 0 atom stereocenters. The van der Waals surface area contributed by atoms with Crippen molar-refractivity contribution in [1.29, 1.82) is 0 Å². The molecule has 2 aromatic rings. The SMILES string of the molecule is COc1cc(C=C2SC(=S)N(CC(=O)O)C2=O)ccc1OCc1ccc(C(=O)O)o1. The number of carboxylic acid groups (broad SMARTS) is 2. The fraction of sp³-hybridized carbons (Fsp3) is 0.158. The van der Waals surface area contributed by atoms with E-state index in [4.69, 9.17) is 36.3 Å². The molecule has 1 aromatic heterocycles. The van der Waals surface area contributed by atoms with Crippen molar-refractivity contribution in [2.75, 3.05) is 13.7 Å². The van der Waals surface area contributed by atoms with E-state index in [9.17, 15) is 14.4 Å². The summed E-state index contributed by atoms with van der Waals surface area (Å²) < 4.78 is 16.3. The number of hydrogen-bond acceptors (Lipinski definition) is 8. The first-order valence-corrected chi connectivity index (χ1v) is 9.61. The molecule has 0 bridgehead atoms. The van der Waals surface area contributed by atoms with Crippen LogP contribution < -0.4 is 9.47 Å². The Morgan fingerprint density at radius 2 is 2.00 bits per heavy atom. The molecule has 0 aliphatic carbocycles. The van der Waals surface area contributed by atoms with E-state index in [2.05, 4.69) is 0 Å². The molecule has 2 N–H and O–H groups in total. The number of ether oxygens (including phenoxy) is 2. The number of rotatable bonds is 8. The number of hydrogen-bond donors (Lipinski definition) is 2. The normalized spacial score (nSPS) is 15.0. The summed E-state index contributed by atoms with van der Waals surface area (Å²) in [6, 6.07) is 7.80. The second kappa shape index (κ2) is 9.01. The number of benzene rings is 1. The van der Waals surface area contributed by atoms with Gasteiger partial charge < -0.3 is 24.1 Å². The van der Waals surface area contributed by atoms with Gasteiger partial charge in [0.05, 0.1) is 12.0 Å². The van der Waals surface area contributed by atoms with E-state index < -0.39 is 24.4 Å². The zero-order chi connectivity index (χ0) is 21.8. The van der Waals surface area contributed by atoms with Gasteiger partial charge in [0.15, 0.2) is 11.5 Å². The fourth-order valence-corrected chi connectivity index (χ4v) is 3.79. The highest BCUT2D eigenvalue weighted by Gasteiger charge is 2.33. The lowest BCUT2D eigenvalue weighted by atomic mass is 10.2. The molecule has 1 amide bonds. The van der Waals surface area contributed by atoms with Gasteiger partial charge in [-0.1, -0.05) is 30.0 Å². The molecule has 0 radical (unpaired) electrons. The molecule has 0 unspecified atom stereocenters. The Bertz CT molecular complexity index is 1060. The van der Waals surface area contributed by atoms with Crippen LogP contribution in [0.2, 0.25) is 0 Å². The quantitative estimate of drug-likeness (QED) is 0.459. The van der Waals surface area contributed by atoms with Crippen molar-refractivity contribution in [3.8, 4) is 11.5 Å². The highest BCUT2D eigenvalue weighted by molar-refractivity contribution is 8.26. The molecule has 1 aliphatic rings. The van der Waals surface area contributed by atoms with E-state index in [1.165, 1.54) is 19.2 Å². The van der Waals surface area contributed by atoms with Crippen LogP contribution in [0.5, 0.6) is 11.5 Å². The fourth-order valence-electron chi connectivity index (χ4n) is 2.54. The topological polar surface area (TPSA) is 127 Å².